The lowest BCUT2D eigenvalue weighted by Gasteiger charge is -2.20. The van der Waals surface area contributed by atoms with Crippen LogP contribution in [-0.2, 0) is 0 Å². The lowest BCUT2D eigenvalue weighted by atomic mass is 9.97. The zero-order valence-corrected chi connectivity index (χ0v) is 11.1. The molecule has 2 atom stereocenters. The second-order valence-corrected chi connectivity index (χ2v) is 4.89. The second kappa shape index (κ2) is 5.72. The van der Waals surface area contributed by atoms with Crippen molar-refractivity contribution in [1.82, 2.24) is 0 Å². The average molecular weight is 282 g/mol. The number of nitrogens with two attached hydrogens (primary N) is 1. The molecule has 0 fully saturated rings. The number of benzene rings is 2. The van der Waals surface area contributed by atoms with E-state index in [0.29, 0.717) is 15.6 Å². The van der Waals surface area contributed by atoms with E-state index in [1.165, 1.54) is 0 Å². The highest BCUT2D eigenvalue weighted by Gasteiger charge is 2.21. The zero-order valence-electron chi connectivity index (χ0n) is 9.55. The molecule has 2 aromatic rings. The molecular weight excluding hydrogens is 269 g/mol. The summed E-state index contributed by atoms with van der Waals surface area (Å²) in [5, 5.41) is 11.3. The average Bonchev–Trinajstić information content (AvgIpc) is 2.41. The van der Waals surface area contributed by atoms with Crippen molar-refractivity contribution < 1.29 is 5.11 Å². The van der Waals surface area contributed by atoms with E-state index >= 15 is 0 Å². The van der Waals surface area contributed by atoms with Crippen LogP contribution in [0.1, 0.15) is 23.3 Å². The van der Waals surface area contributed by atoms with Gasteiger partial charge in [0, 0.05) is 15.6 Å². The first kappa shape index (κ1) is 13.4. The monoisotopic (exact) mass is 281 g/mol. The third-order valence-electron chi connectivity index (χ3n) is 2.80. The summed E-state index contributed by atoms with van der Waals surface area (Å²) in [5.74, 6) is 0. The molecule has 0 aliphatic carbocycles. The highest BCUT2D eigenvalue weighted by Crippen LogP contribution is 2.32. The molecule has 0 aliphatic rings. The van der Waals surface area contributed by atoms with Gasteiger partial charge >= 0.3 is 0 Å². The molecule has 0 bridgehead atoms. The maximum Gasteiger partial charge on any atom is 0.0997 e. The minimum Gasteiger partial charge on any atom is -0.386 e. The van der Waals surface area contributed by atoms with Crippen molar-refractivity contribution in [2.75, 3.05) is 0 Å². The fraction of sp³-hybridized carbons (Fsp3) is 0.143. The first-order chi connectivity index (χ1) is 8.59. The lowest BCUT2D eigenvalue weighted by Crippen LogP contribution is -2.19. The van der Waals surface area contributed by atoms with Crippen LogP contribution >= 0.6 is 23.2 Å². The van der Waals surface area contributed by atoms with Crippen LogP contribution in [0, 0.1) is 0 Å². The van der Waals surface area contributed by atoms with Crippen molar-refractivity contribution in [3.8, 4) is 0 Å². The second-order valence-electron chi connectivity index (χ2n) is 4.05. The minimum atomic E-state index is -0.890. The summed E-state index contributed by atoms with van der Waals surface area (Å²) in [5.41, 5.74) is 7.43. The van der Waals surface area contributed by atoms with Crippen LogP contribution in [0.5, 0.6) is 0 Å². The molecule has 0 heterocycles. The first-order valence-electron chi connectivity index (χ1n) is 5.53. The van der Waals surface area contributed by atoms with Gasteiger partial charge in [0.2, 0.25) is 0 Å². The van der Waals surface area contributed by atoms with E-state index in [4.69, 9.17) is 28.9 Å². The Bertz CT molecular complexity index is 531. The summed E-state index contributed by atoms with van der Waals surface area (Å²) in [6.45, 7) is 0. The smallest absolute Gasteiger partial charge is 0.0997 e. The maximum absolute atomic E-state index is 10.3. The fourth-order valence-corrected chi connectivity index (χ4v) is 2.20. The molecule has 2 aromatic carbocycles. The Hall–Kier alpha value is -1.06. The van der Waals surface area contributed by atoms with Crippen molar-refractivity contribution in [3.63, 3.8) is 0 Å². The standard InChI is InChI=1S/C14H13Cl2NO/c15-10-6-7-12(16)11(8-10)14(18)13(17)9-4-2-1-3-5-9/h1-8,13-14,18H,17H2. The van der Waals surface area contributed by atoms with Gasteiger partial charge < -0.3 is 10.8 Å². The van der Waals surface area contributed by atoms with E-state index in [-0.39, 0.29) is 0 Å². The number of rotatable bonds is 3. The maximum atomic E-state index is 10.3. The molecule has 0 aliphatic heterocycles. The number of aliphatic hydroxyl groups is 1. The largest absolute Gasteiger partial charge is 0.386 e. The number of halogens is 2. The molecule has 94 valence electrons. The Morgan fingerprint density at radius 2 is 1.67 bits per heavy atom. The predicted octanol–water partition coefficient (Wildman–Crippen LogP) is 3.73. The van der Waals surface area contributed by atoms with Gasteiger partial charge in [0.05, 0.1) is 12.1 Å². The quantitative estimate of drug-likeness (QED) is 0.901. The van der Waals surface area contributed by atoms with E-state index in [1.54, 1.807) is 18.2 Å². The summed E-state index contributed by atoms with van der Waals surface area (Å²) in [6.07, 6.45) is -0.890. The molecule has 2 nitrogen and oxygen atoms in total. The van der Waals surface area contributed by atoms with Crippen LogP contribution in [0.25, 0.3) is 0 Å². The normalized spacial score (nSPS) is 14.2. The summed E-state index contributed by atoms with van der Waals surface area (Å²) in [4.78, 5) is 0. The van der Waals surface area contributed by atoms with Gasteiger partial charge in [-0.05, 0) is 23.8 Å². The lowest BCUT2D eigenvalue weighted by molar-refractivity contribution is 0.147. The van der Waals surface area contributed by atoms with Crippen molar-refractivity contribution in [1.29, 1.82) is 0 Å². The fourth-order valence-electron chi connectivity index (χ4n) is 1.79. The molecule has 0 saturated heterocycles. The summed E-state index contributed by atoms with van der Waals surface area (Å²) >= 11 is 11.9. The van der Waals surface area contributed by atoms with E-state index in [0.717, 1.165) is 5.56 Å². The Morgan fingerprint density at radius 1 is 1.00 bits per heavy atom. The van der Waals surface area contributed by atoms with Gasteiger partial charge in [-0.25, -0.2) is 0 Å². The van der Waals surface area contributed by atoms with Crippen molar-refractivity contribution >= 4 is 23.2 Å². The first-order valence-corrected chi connectivity index (χ1v) is 6.28. The minimum absolute atomic E-state index is 0.457. The summed E-state index contributed by atoms with van der Waals surface area (Å²) in [7, 11) is 0. The van der Waals surface area contributed by atoms with Gasteiger partial charge in [0.25, 0.3) is 0 Å². The topological polar surface area (TPSA) is 46.2 Å². The number of hydrogen-bond donors (Lipinski definition) is 2. The highest BCUT2D eigenvalue weighted by molar-refractivity contribution is 6.33. The molecule has 0 aromatic heterocycles. The van der Waals surface area contributed by atoms with Gasteiger partial charge in [0.15, 0.2) is 0 Å². The van der Waals surface area contributed by atoms with Crippen LogP contribution in [0.15, 0.2) is 48.5 Å². The Labute approximate surface area is 116 Å². The summed E-state index contributed by atoms with van der Waals surface area (Å²) in [6, 6.07) is 13.8. The molecule has 0 spiro atoms. The van der Waals surface area contributed by atoms with Gasteiger partial charge in [-0.3, -0.25) is 0 Å². The molecule has 0 amide bonds. The molecular formula is C14H13Cl2NO. The third kappa shape index (κ3) is 2.85. The van der Waals surface area contributed by atoms with Crippen LogP contribution in [0.2, 0.25) is 10.0 Å². The van der Waals surface area contributed by atoms with Gasteiger partial charge in [-0.15, -0.1) is 0 Å². The summed E-state index contributed by atoms with van der Waals surface area (Å²) < 4.78 is 0. The highest BCUT2D eigenvalue weighted by atomic mass is 35.5. The molecule has 3 N–H and O–H groups in total. The van der Waals surface area contributed by atoms with E-state index in [9.17, 15) is 5.11 Å². The van der Waals surface area contributed by atoms with Crippen molar-refractivity contribution in [2.24, 2.45) is 5.73 Å². The number of aliphatic hydroxyl groups excluding tert-OH is 1. The Kier molecular flexibility index (Phi) is 4.25. The van der Waals surface area contributed by atoms with Crippen molar-refractivity contribution in [2.45, 2.75) is 12.1 Å². The van der Waals surface area contributed by atoms with E-state index in [1.807, 2.05) is 30.3 Å². The Balaban J connectivity index is 2.31. The van der Waals surface area contributed by atoms with Crippen LogP contribution in [-0.4, -0.2) is 5.11 Å². The van der Waals surface area contributed by atoms with E-state index in [2.05, 4.69) is 0 Å². The predicted molar refractivity (Wildman–Crippen MR) is 74.8 cm³/mol. The SMILES string of the molecule is NC(c1ccccc1)C(O)c1cc(Cl)ccc1Cl. The molecule has 2 rings (SSSR count). The van der Waals surface area contributed by atoms with Gasteiger partial charge in [0.1, 0.15) is 0 Å². The van der Waals surface area contributed by atoms with Gasteiger partial charge in [-0.2, -0.15) is 0 Å². The Morgan fingerprint density at radius 3 is 2.33 bits per heavy atom. The molecule has 0 saturated carbocycles. The van der Waals surface area contributed by atoms with Crippen molar-refractivity contribution in [3.05, 3.63) is 69.7 Å². The number of hydrogen-bond acceptors (Lipinski definition) is 2. The zero-order chi connectivity index (χ0) is 13.1. The molecule has 2 unspecified atom stereocenters. The van der Waals surface area contributed by atoms with Crippen LogP contribution in [0.4, 0.5) is 0 Å². The molecule has 4 heteroatoms. The van der Waals surface area contributed by atoms with E-state index < -0.39 is 12.1 Å². The van der Waals surface area contributed by atoms with Gasteiger partial charge in [-0.1, -0.05) is 53.5 Å². The third-order valence-corrected chi connectivity index (χ3v) is 3.38. The van der Waals surface area contributed by atoms with Crippen LogP contribution in [0.3, 0.4) is 0 Å². The van der Waals surface area contributed by atoms with Crippen LogP contribution < -0.4 is 5.73 Å². The molecule has 18 heavy (non-hydrogen) atoms. The molecule has 0 radical (unpaired) electrons.